The Bertz CT molecular complexity index is 2060. The number of rotatable bonds is 34. The normalized spacial score (nSPS) is 14.6. The van der Waals surface area contributed by atoms with Gasteiger partial charge in [0.25, 0.3) is 0 Å². The molecule has 8 amide bonds. The Hall–Kier alpha value is -6.61. The van der Waals surface area contributed by atoms with Gasteiger partial charge in [-0.3, -0.25) is 47.9 Å². The Labute approximate surface area is 416 Å². The van der Waals surface area contributed by atoms with Crippen molar-refractivity contribution in [2.45, 2.75) is 141 Å². The molecule has 0 unspecified atom stereocenters. The minimum absolute atomic E-state index is 0.0232. The third kappa shape index (κ3) is 22.8. The van der Waals surface area contributed by atoms with E-state index in [2.05, 4.69) is 62.5 Å². The fraction of sp³-hybridized carbons (Fsp3) is 0.636. The maximum Gasteiger partial charge on any atom is 0.325 e. The first-order valence-electron chi connectivity index (χ1n) is 23.3. The first-order valence-corrected chi connectivity index (χ1v) is 24.7. The Morgan fingerprint density at radius 2 is 1.15 bits per heavy atom. The van der Waals surface area contributed by atoms with Crippen molar-refractivity contribution in [2.75, 3.05) is 25.1 Å². The van der Waals surface area contributed by atoms with E-state index in [9.17, 15) is 58.2 Å². The van der Waals surface area contributed by atoms with Gasteiger partial charge in [-0.1, -0.05) is 34.1 Å². The van der Waals surface area contributed by atoms with Crippen LogP contribution < -0.4 is 54.0 Å². The first kappa shape index (κ1) is 60.5. The van der Waals surface area contributed by atoms with Gasteiger partial charge in [0.1, 0.15) is 42.3 Å². The van der Waals surface area contributed by atoms with Crippen molar-refractivity contribution in [3.05, 3.63) is 36.4 Å². The summed E-state index contributed by atoms with van der Waals surface area (Å²) in [6.45, 7) is 7.91. The summed E-state index contributed by atoms with van der Waals surface area (Å²) < 4.78 is 0. The average molecular weight is 1020 g/mol. The number of carbonyl (C=O) groups is 10. The molecule has 8 atom stereocenters. The lowest BCUT2D eigenvalue weighted by Gasteiger charge is -2.28. The lowest BCUT2D eigenvalue weighted by Crippen LogP contribution is -2.60. The van der Waals surface area contributed by atoms with E-state index in [1.807, 2.05) is 13.8 Å². The molecule has 2 heterocycles. The summed E-state index contributed by atoms with van der Waals surface area (Å²) in [5, 5.41) is 39.1. The average Bonchev–Trinajstić information content (AvgIpc) is 4.03. The number of thioether (sulfide) groups is 1. The summed E-state index contributed by atoms with van der Waals surface area (Å²) in [7, 11) is 0. The second-order valence-corrected chi connectivity index (χ2v) is 18.7. The highest BCUT2D eigenvalue weighted by Gasteiger charge is 2.35. The Morgan fingerprint density at radius 1 is 0.634 bits per heavy atom. The second kappa shape index (κ2) is 31.6. The van der Waals surface area contributed by atoms with Crippen LogP contribution in [0.25, 0.3) is 0 Å². The van der Waals surface area contributed by atoms with Crippen molar-refractivity contribution in [1.82, 2.24) is 62.5 Å². The number of nitrogens with two attached hydrogens (primary N) is 2. The van der Waals surface area contributed by atoms with Crippen molar-refractivity contribution in [1.29, 1.82) is 0 Å². The Morgan fingerprint density at radius 3 is 1.68 bits per heavy atom. The SMILES string of the molecule is CSCC[C@H](NC(=O)[C@H](CCC(=O)O)NC(=O)[C@@H](NC(=O)[C@H](CC(C)C)NC(=O)[C@@H](N)CCCCN)C(C)C)C(=O)NCC(=O)N[C@@H](Cc1cnc[nH]1)C(=O)N[C@@H](Cc1cnc[nH]1)C(=O)N[C@@H](C)C(=O)O. The molecule has 27 heteroatoms. The van der Waals surface area contributed by atoms with Crippen molar-refractivity contribution in [2.24, 2.45) is 23.3 Å². The highest BCUT2D eigenvalue weighted by molar-refractivity contribution is 7.98. The van der Waals surface area contributed by atoms with Crippen molar-refractivity contribution in [3.63, 3.8) is 0 Å². The number of aromatic nitrogens is 4. The lowest BCUT2D eigenvalue weighted by atomic mass is 9.99. The molecule has 0 aliphatic carbocycles. The predicted molar refractivity (Wildman–Crippen MR) is 259 cm³/mol. The molecule has 0 spiro atoms. The molecule has 0 aromatic carbocycles. The molecule has 0 bridgehead atoms. The highest BCUT2D eigenvalue weighted by Crippen LogP contribution is 2.12. The predicted octanol–water partition coefficient (Wildman–Crippen LogP) is -2.69. The zero-order valence-electron chi connectivity index (χ0n) is 41.0. The molecule has 2 aromatic heterocycles. The number of imidazole rings is 2. The van der Waals surface area contributed by atoms with E-state index in [1.54, 1.807) is 20.1 Å². The van der Waals surface area contributed by atoms with Gasteiger partial charge in [-0.2, -0.15) is 11.8 Å². The number of H-pyrrole nitrogens is 2. The van der Waals surface area contributed by atoms with Gasteiger partial charge in [-0.05, 0) is 69.4 Å². The second-order valence-electron chi connectivity index (χ2n) is 17.7. The van der Waals surface area contributed by atoms with Crippen LogP contribution in [0.3, 0.4) is 0 Å². The molecule has 2 aromatic rings. The molecule has 71 heavy (non-hydrogen) atoms. The van der Waals surface area contributed by atoms with E-state index in [0.29, 0.717) is 42.9 Å². The van der Waals surface area contributed by atoms with E-state index in [0.717, 1.165) is 0 Å². The number of aromatic amines is 2. The fourth-order valence-corrected chi connectivity index (χ4v) is 7.29. The van der Waals surface area contributed by atoms with Crippen LogP contribution in [-0.2, 0) is 60.8 Å². The number of carboxylic acid groups (broad SMARTS) is 2. The van der Waals surface area contributed by atoms with Crippen LogP contribution in [0.15, 0.2) is 25.0 Å². The molecule has 0 radical (unpaired) electrons. The van der Waals surface area contributed by atoms with Crippen LogP contribution in [0.4, 0.5) is 0 Å². The monoisotopic (exact) mass is 1020 g/mol. The van der Waals surface area contributed by atoms with Crippen molar-refractivity contribution in [3.8, 4) is 0 Å². The standard InChI is InChI=1S/C44H72N14O12S/c1-23(2)15-31(56-37(62)28(46)9-7-8-13-45)42(67)58-36(24(3)4)43(68)55-29(10-11-35(60)61)39(64)54-30(12-14-71-6)38(63)49-20-34(59)53-32(16-26-18-47-21-50-26)41(66)57-33(17-27-19-48-22-51-27)40(65)52-25(5)44(69)70/h18-19,21-25,28-33,36H,7-17,20,45-46H2,1-6H3,(H,47,50)(H,48,51)(H,49,63)(H,52,65)(H,53,59)(H,54,64)(H,55,68)(H,56,62)(H,57,66)(H,58,67)(H,60,61)(H,69,70)/t25-,28-,29-,30-,31-,32-,33-,36-/m0/s1. The zero-order valence-corrected chi connectivity index (χ0v) is 41.8. The van der Waals surface area contributed by atoms with Gasteiger partial charge in [0.2, 0.25) is 47.3 Å². The molecular formula is C44H72N14O12S. The third-order valence-corrected chi connectivity index (χ3v) is 11.5. The number of unbranched alkanes of at least 4 members (excludes halogenated alkanes) is 1. The van der Waals surface area contributed by atoms with E-state index in [4.69, 9.17) is 11.5 Å². The molecule has 396 valence electrons. The van der Waals surface area contributed by atoms with Gasteiger partial charge >= 0.3 is 11.9 Å². The third-order valence-electron chi connectivity index (χ3n) is 10.8. The molecule has 2 rings (SSSR count). The summed E-state index contributed by atoms with van der Waals surface area (Å²) in [6, 6.07) is -10.1. The van der Waals surface area contributed by atoms with E-state index < -0.39 is 133 Å². The maximum absolute atomic E-state index is 13.9. The van der Waals surface area contributed by atoms with Crippen molar-refractivity contribution >= 4 is 71.0 Å². The number of aliphatic carboxylic acids is 2. The number of nitrogens with one attached hydrogen (secondary N) is 10. The van der Waals surface area contributed by atoms with Crippen LogP contribution in [-0.4, -0.2) is 163 Å². The van der Waals surface area contributed by atoms with Gasteiger partial charge in [0, 0.05) is 43.0 Å². The molecular weight excluding hydrogens is 949 g/mol. The quantitative estimate of drug-likeness (QED) is 0.0317. The number of amides is 8. The summed E-state index contributed by atoms with van der Waals surface area (Å²) in [4.78, 5) is 145. The van der Waals surface area contributed by atoms with Crippen LogP contribution >= 0.6 is 11.8 Å². The van der Waals surface area contributed by atoms with E-state index in [1.165, 1.54) is 43.7 Å². The van der Waals surface area contributed by atoms with Crippen LogP contribution in [0.2, 0.25) is 0 Å². The van der Waals surface area contributed by atoms with Gasteiger partial charge in [0.15, 0.2) is 0 Å². The van der Waals surface area contributed by atoms with Gasteiger partial charge in [-0.25, -0.2) is 9.97 Å². The number of hydrogen-bond donors (Lipinski definition) is 14. The Kier molecular flexibility index (Phi) is 26.9. The molecule has 0 saturated heterocycles. The lowest BCUT2D eigenvalue weighted by molar-refractivity contribution is -0.142. The zero-order chi connectivity index (χ0) is 53.2. The summed E-state index contributed by atoms with van der Waals surface area (Å²) in [6.07, 6.45) is 7.81. The molecule has 16 N–H and O–H groups in total. The fourth-order valence-electron chi connectivity index (χ4n) is 6.82. The smallest absolute Gasteiger partial charge is 0.325 e. The van der Waals surface area contributed by atoms with Gasteiger partial charge < -0.3 is 74.2 Å². The van der Waals surface area contributed by atoms with Gasteiger partial charge in [0.05, 0.1) is 25.2 Å². The van der Waals surface area contributed by atoms with Crippen molar-refractivity contribution < 1.29 is 58.2 Å². The van der Waals surface area contributed by atoms with E-state index >= 15 is 0 Å². The number of hydrogen-bond acceptors (Lipinski definition) is 15. The Balaban J connectivity index is 2.25. The summed E-state index contributed by atoms with van der Waals surface area (Å²) in [5.41, 5.74) is 12.4. The molecule has 0 fully saturated rings. The minimum atomic E-state index is -1.52. The topological polar surface area (TPSA) is 417 Å². The minimum Gasteiger partial charge on any atom is -0.481 e. The van der Waals surface area contributed by atoms with Gasteiger partial charge in [-0.15, -0.1) is 0 Å². The largest absolute Gasteiger partial charge is 0.481 e. The van der Waals surface area contributed by atoms with Crippen LogP contribution in [0, 0.1) is 11.8 Å². The molecule has 26 nitrogen and oxygen atoms in total. The number of carbonyl (C=O) groups excluding carboxylic acids is 8. The number of carboxylic acids is 2. The summed E-state index contributed by atoms with van der Waals surface area (Å²) >= 11 is 1.33. The summed E-state index contributed by atoms with van der Waals surface area (Å²) in [5.74, 6) is -9.30. The van der Waals surface area contributed by atoms with Crippen LogP contribution in [0.1, 0.15) is 91.0 Å². The molecule has 0 aliphatic rings. The molecule has 0 saturated carbocycles. The number of nitrogens with zero attached hydrogens (tertiary/aromatic N) is 2. The first-order chi connectivity index (χ1) is 33.6. The maximum atomic E-state index is 13.9. The van der Waals surface area contributed by atoms with E-state index in [-0.39, 0.29) is 31.6 Å². The molecule has 0 aliphatic heterocycles. The highest BCUT2D eigenvalue weighted by atomic mass is 32.2. The van der Waals surface area contributed by atoms with Crippen LogP contribution in [0.5, 0.6) is 0 Å².